The van der Waals surface area contributed by atoms with Gasteiger partial charge in [0.25, 0.3) is 0 Å². The molecule has 1 aliphatic heterocycles. The molecule has 3 aromatic carbocycles. The summed E-state index contributed by atoms with van der Waals surface area (Å²) in [5, 5.41) is 0. The summed E-state index contributed by atoms with van der Waals surface area (Å²) in [4.78, 5) is 16.6. The van der Waals surface area contributed by atoms with Crippen molar-refractivity contribution in [3.63, 3.8) is 0 Å². The number of hydrogen-bond donors (Lipinski definition) is 0. The van der Waals surface area contributed by atoms with Gasteiger partial charge in [0.2, 0.25) is 5.90 Å². The number of ether oxygens (including phenoxy) is 2. The number of esters is 1. The second-order valence-corrected chi connectivity index (χ2v) is 6.02. The van der Waals surface area contributed by atoms with Crippen LogP contribution in [0.4, 0.5) is 0 Å². The van der Waals surface area contributed by atoms with Crippen molar-refractivity contribution in [1.29, 1.82) is 0 Å². The number of methoxy groups -OCH3 is 1. The first-order valence-electron chi connectivity index (χ1n) is 8.56. The molecule has 0 atom stereocenters. The molecular formula is C23H17NO3. The third kappa shape index (κ3) is 3.51. The topological polar surface area (TPSA) is 47.9 Å². The predicted octanol–water partition coefficient (Wildman–Crippen LogP) is 4.71. The zero-order valence-electron chi connectivity index (χ0n) is 14.8. The summed E-state index contributed by atoms with van der Waals surface area (Å²) in [5.74, 6) is 0.512. The molecule has 0 amide bonds. The number of benzene rings is 3. The molecular weight excluding hydrogens is 338 g/mol. The lowest BCUT2D eigenvalue weighted by Crippen LogP contribution is -2.05. The number of hydrogen-bond acceptors (Lipinski definition) is 4. The molecule has 3 aromatic rings. The Labute approximate surface area is 157 Å². The van der Waals surface area contributed by atoms with E-state index in [9.17, 15) is 4.79 Å². The van der Waals surface area contributed by atoms with Gasteiger partial charge in [0.1, 0.15) is 5.75 Å². The van der Waals surface area contributed by atoms with Crippen LogP contribution in [0.3, 0.4) is 0 Å². The van der Waals surface area contributed by atoms with Crippen molar-refractivity contribution in [3.05, 3.63) is 95.7 Å². The zero-order chi connectivity index (χ0) is 18.6. The monoisotopic (exact) mass is 355 g/mol. The molecule has 1 heterocycles. The molecule has 0 saturated carbocycles. The van der Waals surface area contributed by atoms with Gasteiger partial charge < -0.3 is 9.47 Å². The predicted molar refractivity (Wildman–Crippen MR) is 105 cm³/mol. The van der Waals surface area contributed by atoms with Gasteiger partial charge in [-0.1, -0.05) is 60.7 Å². The maximum atomic E-state index is 12.2. The average Bonchev–Trinajstić information content (AvgIpc) is 3.09. The summed E-state index contributed by atoms with van der Waals surface area (Å²) < 4.78 is 10.7. The summed E-state index contributed by atoms with van der Waals surface area (Å²) >= 11 is 0. The molecule has 0 aromatic heterocycles. The van der Waals surface area contributed by atoms with E-state index in [2.05, 4.69) is 17.1 Å². The summed E-state index contributed by atoms with van der Waals surface area (Å²) in [7, 11) is 1.59. The van der Waals surface area contributed by atoms with Gasteiger partial charge in [-0.2, -0.15) is 0 Å². The first-order valence-corrected chi connectivity index (χ1v) is 8.56. The van der Waals surface area contributed by atoms with Crippen LogP contribution in [0.5, 0.6) is 5.75 Å². The Balaban J connectivity index is 1.62. The lowest BCUT2D eigenvalue weighted by atomic mass is 10.0. The molecule has 27 heavy (non-hydrogen) atoms. The maximum absolute atomic E-state index is 12.2. The number of aliphatic imine (C=N–C) groups is 1. The molecule has 0 unspecified atom stereocenters. The largest absolute Gasteiger partial charge is 0.496 e. The van der Waals surface area contributed by atoms with Crippen LogP contribution in [-0.4, -0.2) is 19.0 Å². The van der Waals surface area contributed by atoms with Crippen LogP contribution in [0.2, 0.25) is 0 Å². The maximum Gasteiger partial charge on any atom is 0.363 e. The first-order chi connectivity index (χ1) is 13.2. The number of carbonyl (C=O) groups excluding carboxylic acids is 1. The van der Waals surface area contributed by atoms with E-state index in [-0.39, 0.29) is 5.70 Å². The molecule has 0 N–H and O–H groups in total. The molecule has 0 bridgehead atoms. The molecule has 0 aliphatic carbocycles. The molecule has 0 saturated heterocycles. The van der Waals surface area contributed by atoms with E-state index in [1.807, 2.05) is 66.7 Å². The van der Waals surface area contributed by atoms with Crippen molar-refractivity contribution in [3.8, 4) is 16.9 Å². The van der Waals surface area contributed by atoms with Crippen LogP contribution in [0.15, 0.2) is 89.6 Å². The van der Waals surface area contributed by atoms with E-state index < -0.39 is 5.97 Å². The van der Waals surface area contributed by atoms with Gasteiger partial charge in [-0.3, -0.25) is 0 Å². The van der Waals surface area contributed by atoms with Gasteiger partial charge in [0, 0.05) is 11.1 Å². The minimum absolute atomic E-state index is 0.252. The Kier molecular flexibility index (Phi) is 4.54. The second-order valence-electron chi connectivity index (χ2n) is 6.02. The first kappa shape index (κ1) is 16.8. The van der Waals surface area contributed by atoms with Gasteiger partial charge in [0.15, 0.2) is 5.70 Å². The van der Waals surface area contributed by atoms with Gasteiger partial charge in [-0.05, 0) is 35.4 Å². The fraction of sp³-hybridized carbons (Fsp3) is 0.0435. The minimum atomic E-state index is -0.469. The van der Waals surface area contributed by atoms with E-state index in [1.54, 1.807) is 13.2 Å². The Morgan fingerprint density at radius 3 is 2.19 bits per heavy atom. The van der Waals surface area contributed by atoms with Crippen LogP contribution in [0.25, 0.3) is 17.2 Å². The molecule has 4 nitrogen and oxygen atoms in total. The Morgan fingerprint density at radius 1 is 0.815 bits per heavy atom. The number of cyclic esters (lactones) is 1. The van der Waals surface area contributed by atoms with Gasteiger partial charge in [0.05, 0.1) is 7.11 Å². The zero-order valence-corrected chi connectivity index (χ0v) is 14.8. The van der Waals surface area contributed by atoms with Crippen molar-refractivity contribution in [2.45, 2.75) is 0 Å². The Bertz CT molecular complexity index is 1030. The molecule has 1 aliphatic rings. The number of carbonyl (C=O) groups is 1. The van der Waals surface area contributed by atoms with Gasteiger partial charge in [-0.15, -0.1) is 0 Å². The van der Waals surface area contributed by atoms with E-state index >= 15 is 0 Å². The quantitative estimate of drug-likeness (QED) is 0.503. The van der Waals surface area contributed by atoms with Crippen LogP contribution >= 0.6 is 0 Å². The molecule has 132 valence electrons. The van der Waals surface area contributed by atoms with E-state index in [0.717, 1.165) is 22.3 Å². The second kappa shape index (κ2) is 7.30. The van der Waals surface area contributed by atoms with Crippen LogP contribution in [-0.2, 0) is 9.53 Å². The summed E-state index contributed by atoms with van der Waals surface area (Å²) in [6, 6.07) is 25.3. The summed E-state index contributed by atoms with van der Waals surface area (Å²) in [6.45, 7) is 0. The van der Waals surface area contributed by atoms with Crippen LogP contribution in [0.1, 0.15) is 11.1 Å². The minimum Gasteiger partial charge on any atom is -0.496 e. The highest BCUT2D eigenvalue weighted by Gasteiger charge is 2.24. The van der Waals surface area contributed by atoms with Crippen LogP contribution in [0, 0.1) is 0 Å². The highest BCUT2D eigenvalue weighted by atomic mass is 16.6. The molecule has 0 spiro atoms. The standard InChI is InChI=1S/C23H17NO3/c1-26-21-10-6-5-9-19(21)15-20-23(25)27-22(24-20)18-13-11-17(12-14-18)16-7-3-2-4-8-16/h2-15H,1H3. The number of rotatable bonds is 4. The Hall–Kier alpha value is -3.66. The van der Waals surface area contributed by atoms with Crippen molar-refractivity contribution in [2.75, 3.05) is 7.11 Å². The van der Waals surface area contributed by atoms with Crippen molar-refractivity contribution < 1.29 is 14.3 Å². The fourth-order valence-electron chi connectivity index (χ4n) is 2.90. The number of para-hydroxylation sites is 1. The summed E-state index contributed by atoms with van der Waals surface area (Å²) in [6.07, 6.45) is 1.67. The third-order valence-electron chi connectivity index (χ3n) is 4.29. The third-order valence-corrected chi connectivity index (χ3v) is 4.29. The lowest BCUT2D eigenvalue weighted by Gasteiger charge is -2.03. The smallest absolute Gasteiger partial charge is 0.363 e. The van der Waals surface area contributed by atoms with E-state index in [1.165, 1.54) is 0 Å². The fourth-order valence-corrected chi connectivity index (χ4v) is 2.90. The van der Waals surface area contributed by atoms with Crippen molar-refractivity contribution in [1.82, 2.24) is 0 Å². The Morgan fingerprint density at radius 2 is 1.44 bits per heavy atom. The molecule has 0 radical (unpaired) electrons. The molecule has 4 rings (SSSR count). The summed E-state index contributed by atoms with van der Waals surface area (Å²) in [5.41, 5.74) is 4.00. The van der Waals surface area contributed by atoms with E-state index in [0.29, 0.717) is 11.6 Å². The molecule has 4 heteroatoms. The van der Waals surface area contributed by atoms with Crippen molar-refractivity contribution in [2.24, 2.45) is 4.99 Å². The number of nitrogens with zero attached hydrogens (tertiary/aromatic N) is 1. The van der Waals surface area contributed by atoms with Crippen molar-refractivity contribution >= 4 is 17.9 Å². The van der Waals surface area contributed by atoms with Gasteiger partial charge >= 0.3 is 5.97 Å². The highest BCUT2D eigenvalue weighted by molar-refractivity contribution is 6.13. The SMILES string of the molecule is COc1ccccc1C=C1N=C(c2ccc(-c3ccccc3)cc2)OC1=O. The molecule has 0 fully saturated rings. The van der Waals surface area contributed by atoms with E-state index in [4.69, 9.17) is 9.47 Å². The average molecular weight is 355 g/mol. The van der Waals surface area contributed by atoms with Gasteiger partial charge in [-0.25, -0.2) is 9.79 Å². The normalized spacial score (nSPS) is 14.8. The van der Waals surface area contributed by atoms with Crippen LogP contribution < -0.4 is 4.74 Å². The highest BCUT2D eigenvalue weighted by Crippen LogP contribution is 2.25. The lowest BCUT2D eigenvalue weighted by molar-refractivity contribution is -0.129.